The first-order valence-electron chi connectivity index (χ1n) is 10.9. The van der Waals surface area contributed by atoms with Gasteiger partial charge in [-0.05, 0) is 41.8 Å². The van der Waals surface area contributed by atoms with E-state index >= 15 is 0 Å². The number of rotatable bonds is 4. The Kier molecular flexibility index (Phi) is 4.81. The molecule has 0 aliphatic carbocycles. The van der Waals surface area contributed by atoms with Gasteiger partial charge in [0.15, 0.2) is 0 Å². The van der Waals surface area contributed by atoms with Crippen LogP contribution in [-0.2, 0) is 6.42 Å². The first-order chi connectivity index (χ1) is 16.3. The standard InChI is InChI=1S/C29H20N4/c1-3-7-26-24(5-1)30-18-28(32-26)22-13-9-20(10-14-22)17-21-11-15-23(16-12-21)29-19-31-25-6-2-4-8-27(25)33-29/h1-16,18-19H,17H2. The zero-order valence-electron chi connectivity index (χ0n) is 17.9. The van der Waals surface area contributed by atoms with Gasteiger partial charge in [0, 0.05) is 11.1 Å². The van der Waals surface area contributed by atoms with E-state index in [2.05, 4.69) is 58.5 Å². The second kappa shape index (κ2) is 8.24. The Morgan fingerprint density at radius 2 is 0.818 bits per heavy atom. The molecule has 6 rings (SSSR count). The molecule has 4 aromatic carbocycles. The SMILES string of the molecule is c1ccc2nc(-c3ccc(Cc4ccc(-c5cnc6ccccc6n5)cc4)cc3)cnc2c1. The summed E-state index contributed by atoms with van der Waals surface area (Å²) in [6.45, 7) is 0. The van der Waals surface area contributed by atoms with E-state index in [1.165, 1.54) is 11.1 Å². The zero-order chi connectivity index (χ0) is 22.0. The van der Waals surface area contributed by atoms with Crippen molar-refractivity contribution in [2.75, 3.05) is 0 Å². The van der Waals surface area contributed by atoms with Gasteiger partial charge in [0.1, 0.15) is 0 Å². The molecule has 0 aliphatic heterocycles. The summed E-state index contributed by atoms with van der Waals surface area (Å²) in [6, 6.07) is 33.0. The summed E-state index contributed by atoms with van der Waals surface area (Å²) < 4.78 is 0. The van der Waals surface area contributed by atoms with Crippen molar-refractivity contribution in [3.8, 4) is 22.5 Å². The van der Waals surface area contributed by atoms with Crippen LogP contribution < -0.4 is 0 Å². The molecule has 33 heavy (non-hydrogen) atoms. The van der Waals surface area contributed by atoms with Gasteiger partial charge in [-0.25, -0.2) is 9.97 Å². The van der Waals surface area contributed by atoms with E-state index in [1.54, 1.807) is 0 Å². The molecule has 0 spiro atoms. The molecule has 156 valence electrons. The number of benzene rings is 4. The van der Waals surface area contributed by atoms with Crippen molar-refractivity contribution in [2.24, 2.45) is 0 Å². The van der Waals surface area contributed by atoms with E-state index in [9.17, 15) is 0 Å². The van der Waals surface area contributed by atoms with Crippen LogP contribution >= 0.6 is 0 Å². The Balaban J connectivity index is 1.20. The van der Waals surface area contributed by atoms with Gasteiger partial charge in [-0.2, -0.15) is 0 Å². The molecule has 0 fully saturated rings. The number of hydrogen-bond donors (Lipinski definition) is 0. The lowest BCUT2D eigenvalue weighted by Gasteiger charge is -2.07. The third kappa shape index (κ3) is 3.94. The average Bonchev–Trinajstić information content (AvgIpc) is 2.89. The summed E-state index contributed by atoms with van der Waals surface area (Å²) in [6.07, 6.45) is 4.55. The fourth-order valence-corrected chi connectivity index (χ4v) is 4.01. The van der Waals surface area contributed by atoms with Crippen molar-refractivity contribution in [3.05, 3.63) is 121 Å². The number of hydrogen-bond acceptors (Lipinski definition) is 4. The van der Waals surface area contributed by atoms with E-state index in [-0.39, 0.29) is 0 Å². The molecule has 2 heterocycles. The highest BCUT2D eigenvalue weighted by Crippen LogP contribution is 2.23. The van der Waals surface area contributed by atoms with E-state index in [0.29, 0.717) is 0 Å². The minimum Gasteiger partial charge on any atom is -0.252 e. The summed E-state index contributed by atoms with van der Waals surface area (Å²) in [4.78, 5) is 18.5. The van der Waals surface area contributed by atoms with Gasteiger partial charge < -0.3 is 0 Å². The highest BCUT2D eigenvalue weighted by Gasteiger charge is 2.05. The lowest BCUT2D eigenvalue weighted by molar-refractivity contribution is 1.19. The highest BCUT2D eigenvalue weighted by molar-refractivity contribution is 5.77. The molecule has 0 unspecified atom stereocenters. The molecule has 0 radical (unpaired) electrons. The normalized spacial score (nSPS) is 11.2. The predicted octanol–water partition coefficient (Wildman–Crippen LogP) is 6.50. The van der Waals surface area contributed by atoms with Gasteiger partial charge in [-0.1, -0.05) is 72.8 Å². The van der Waals surface area contributed by atoms with E-state index in [1.807, 2.05) is 60.9 Å². The highest BCUT2D eigenvalue weighted by atomic mass is 14.8. The van der Waals surface area contributed by atoms with E-state index < -0.39 is 0 Å². The maximum atomic E-state index is 4.74. The van der Waals surface area contributed by atoms with Crippen molar-refractivity contribution in [1.82, 2.24) is 19.9 Å². The molecule has 0 amide bonds. The topological polar surface area (TPSA) is 51.6 Å². The molecule has 0 bridgehead atoms. The fourth-order valence-electron chi connectivity index (χ4n) is 4.01. The van der Waals surface area contributed by atoms with Crippen LogP contribution in [0.5, 0.6) is 0 Å². The second-order valence-corrected chi connectivity index (χ2v) is 8.06. The minimum atomic E-state index is 0.868. The van der Waals surface area contributed by atoms with Crippen molar-refractivity contribution < 1.29 is 0 Å². The molecule has 4 heteroatoms. The number of nitrogens with zero attached hydrogens (tertiary/aromatic N) is 4. The Morgan fingerprint density at radius 3 is 1.24 bits per heavy atom. The number of aromatic nitrogens is 4. The molecule has 2 aromatic heterocycles. The second-order valence-electron chi connectivity index (χ2n) is 8.06. The minimum absolute atomic E-state index is 0.868. The Morgan fingerprint density at radius 1 is 0.424 bits per heavy atom. The number of fused-ring (bicyclic) bond motifs is 2. The van der Waals surface area contributed by atoms with E-state index in [4.69, 9.17) is 9.97 Å². The summed E-state index contributed by atoms with van der Waals surface area (Å²) in [5, 5.41) is 0. The third-order valence-corrected chi connectivity index (χ3v) is 5.80. The quantitative estimate of drug-likeness (QED) is 0.324. The van der Waals surface area contributed by atoms with Crippen LogP contribution in [0.15, 0.2) is 109 Å². The molecule has 0 N–H and O–H groups in total. The third-order valence-electron chi connectivity index (χ3n) is 5.80. The van der Waals surface area contributed by atoms with Gasteiger partial charge in [0.25, 0.3) is 0 Å². The molecule has 6 aromatic rings. The fraction of sp³-hybridized carbons (Fsp3) is 0.0345. The van der Waals surface area contributed by atoms with Gasteiger partial charge >= 0.3 is 0 Å². The van der Waals surface area contributed by atoms with Gasteiger partial charge in [0.2, 0.25) is 0 Å². The maximum Gasteiger partial charge on any atom is 0.0894 e. The van der Waals surface area contributed by atoms with Crippen molar-refractivity contribution in [3.63, 3.8) is 0 Å². The lowest BCUT2D eigenvalue weighted by Crippen LogP contribution is -1.92. The Bertz CT molecular complexity index is 1450. The van der Waals surface area contributed by atoms with Crippen LogP contribution in [0.25, 0.3) is 44.6 Å². The van der Waals surface area contributed by atoms with Gasteiger partial charge in [-0.15, -0.1) is 0 Å². The summed E-state index contributed by atoms with van der Waals surface area (Å²) in [5.41, 5.74) is 10.1. The molecule has 0 atom stereocenters. The summed E-state index contributed by atoms with van der Waals surface area (Å²) in [7, 11) is 0. The average molecular weight is 425 g/mol. The van der Waals surface area contributed by atoms with Crippen LogP contribution in [0.4, 0.5) is 0 Å². The molecular weight excluding hydrogens is 404 g/mol. The first kappa shape index (κ1) is 19.3. The predicted molar refractivity (Wildman–Crippen MR) is 133 cm³/mol. The molecule has 4 nitrogen and oxygen atoms in total. The van der Waals surface area contributed by atoms with Crippen LogP contribution in [-0.4, -0.2) is 19.9 Å². The smallest absolute Gasteiger partial charge is 0.0894 e. The lowest BCUT2D eigenvalue weighted by atomic mass is 10.0. The molecular formula is C29H20N4. The van der Waals surface area contributed by atoms with Gasteiger partial charge in [0.05, 0.1) is 45.8 Å². The molecule has 0 aliphatic rings. The van der Waals surface area contributed by atoms with Crippen LogP contribution in [0.2, 0.25) is 0 Å². The largest absolute Gasteiger partial charge is 0.252 e. The summed E-state index contributed by atoms with van der Waals surface area (Å²) >= 11 is 0. The van der Waals surface area contributed by atoms with Crippen molar-refractivity contribution in [1.29, 1.82) is 0 Å². The van der Waals surface area contributed by atoms with Crippen LogP contribution in [0, 0.1) is 0 Å². The Labute approximate surface area is 191 Å². The molecule has 0 saturated carbocycles. The van der Waals surface area contributed by atoms with Crippen LogP contribution in [0.3, 0.4) is 0 Å². The van der Waals surface area contributed by atoms with Crippen molar-refractivity contribution in [2.45, 2.75) is 6.42 Å². The maximum absolute atomic E-state index is 4.74. The Hall–Kier alpha value is -4.44. The van der Waals surface area contributed by atoms with Gasteiger partial charge in [-0.3, -0.25) is 9.97 Å². The molecule has 0 saturated heterocycles. The van der Waals surface area contributed by atoms with Crippen molar-refractivity contribution >= 4 is 22.1 Å². The summed E-state index contributed by atoms with van der Waals surface area (Å²) in [5.74, 6) is 0. The van der Waals surface area contributed by atoms with Crippen LogP contribution in [0.1, 0.15) is 11.1 Å². The zero-order valence-corrected chi connectivity index (χ0v) is 17.9. The first-order valence-corrected chi connectivity index (χ1v) is 10.9. The van der Waals surface area contributed by atoms with E-state index in [0.717, 1.165) is 51.0 Å². The number of para-hydroxylation sites is 4. The monoisotopic (exact) mass is 424 g/mol.